The van der Waals surface area contributed by atoms with Gasteiger partial charge in [0.1, 0.15) is 11.6 Å². The molecular formula is C19H16ClN3O3. The first kappa shape index (κ1) is 19.0. The summed E-state index contributed by atoms with van der Waals surface area (Å²) >= 11 is 5.79. The van der Waals surface area contributed by atoms with Crippen molar-refractivity contribution in [3.8, 4) is 6.07 Å². The van der Waals surface area contributed by atoms with Gasteiger partial charge in [-0.05, 0) is 43.3 Å². The lowest BCUT2D eigenvalue weighted by Gasteiger charge is -2.09. The van der Waals surface area contributed by atoms with Gasteiger partial charge in [-0.15, -0.1) is 0 Å². The van der Waals surface area contributed by atoms with Crippen molar-refractivity contribution < 1.29 is 14.3 Å². The van der Waals surface area contributed by atoms with Crippen molar-refractivity contribution in [3.63, 3.8) is 0 Å². The number of para-hydroxylation sites is 1. The Hall–Kier alpha value is -3.30. The maximum atomic E-state index is 12.2. The molecule has 6 nitrogen and oxygen atoms in total. The minimum absolute atomic E-state index is 0.154. The molecule has 0 spiro atoms. The van der Waals surface area contributed by atoms with Crippen molar-refractivity contribution in [1.82, 2.24) is 0 Å². The number of hydrogen-bond acceptors (Lipinski definition) is 5. The molecule has 2 aromatic rings. The third-order valence-corrected chi connectivity index (χ3v) is 3.51. The quantitative estimate of drug-likeness (QED) is 0.456. The number of rotatable bonds is 6. The molecule has 1 amide bonds. The minimum atomic E-state index is -0.587. The van der Waals surface area contributed by atoms with Crippen LogP contribution in [-0.4, -0.2) is 18.5 Å². The van der Waals surface area contributed by atoms with Gasteiger partial charge in [-0.1, -0.05) is 23.7 Å². The van der Waals surface area contributed by atoms with E-state index < -0.39 is 11.9 Å². The van der Waals surface area contributed by atoms with Crippen LogP contribution in [0.4, 0.5) is 11.4 Å². The van der Waals surface area contributed by atoms with Crippen LogP contribution in [-0.2, 0) is 9.53 Å². The highest BCUT2D eigenvalue weighted by atomic mass is 35.5. The molecule has 0 fully saturated rings. The number of nitrogens with one attached hydrogen (secondary N) is 2. The van der Waals surface area contributed by atoms with E-state index in [4.69, 9.17) is 16.3 Å². The van der Waals surface area contributed by atoms with Gasteiger partial charge in [0.05, 0.1) is 17.9 Å². The Kier molecular flexibility index (Phi) is 6.77. The van der Waals surface area contributed by atoms with Gasteiger partial charge in [-0.2, -0.15) is 5.26 Å². The minimum Gasteiger partial charge on any atom is -0.462 e. The molecule has 0 aromatic heterocycles. The van der Waals surface area contributed by atoms with Gasteiger partial charge < -0.3 is 15.4 Å². The Labute approximate surface area is 156 Å². The fourth-order valence-electron chi connectivity index (χ4n) is 2.03. The van der Waals surface area contributed by atoms with Crippen molar-refractivity contribution in [2.45, 2.75) is 6.92 Å². The van der Waals surface area contributed by atoms with E-state index in [9.17, 15) is 14.9 Å². The second-order valence-corrected chi connectivity index (χ2v) is 5.48. The lowest BCUT2D eigenvalue weighted by Crippen LogP contribution is -2.15. The fourth-order valence-corrected chi connectivity index (χ4v) is 2.15. The molecule has 0 radical (unpaired) electrons. The average Bonchev–Trinajstić information content (AvgIpc) is 2.64. The summed E-state index contributed by atoms with van der Waals surface area (Å²) in [5.41, 5.74) is 1.09. The van der Waals surface area contributed by atoms with Gasteiger partial charge in [0.25, 0.3) is 5.91 Å². The van der Waals surface area contributed by atoms with Crippen molar-refractivity contribution in [2.75, 3.05) is 17.2 Å². The summed E-state index contributed by atoms with van der Waals surface area (Å²) in [7, 11) is 0. The Morgan fingerprint density at radius 1 is 1.19 bits per heavy atom. The molecule has 7 heteroatoms. The van der Waals surface area contributed by atoms with Crippen LogP contribution in [0.2, 0.25) is 5.02 Å². The molecule has 2 aromatic carbocycles. The van der Waals surface area contributed by atoms with E-state index in [0.717, 1.165) is 0 Å². The third kappa shape index (κ3) is 5.10. The molecular weight excluding hydrogens is 354 g/mol. The van der Waals surface area contributed by atoms with Gasteiger partial charge >= 0.3 is 5.97 Å². The van der Waals surface area contributed by atoms with E-state index in [1.807, 2.05) is 6.07 Å². The average molecular weight is 370 g/mol. The fraction of sp³-hybridized carbons (Fsp3) is 0.105. The maximum absolute atomic E-state index is 12.2. The zero-order valence-electron chi connectivity index (χ0n) is 14.0. The molecule has 0 aliphatic carbocycles. The van der Waals surface area contributed by atoms with Gasteiger partial charge in [-0.25, -0.2) is 4.79 Å². The molecule has 0 saturated heterocycles. The topological polar surface area (TPSA) is 91.2 Å². The predicted octanol–water partition coefficient (Wildman–Crippen LogP) is 3.97. The number of anilines is 2. The normalized spacial score (nSPS) is 10.6. The van der Waals surface area contributed by atoms with E-state index in [2.05, 4.69) is 10.6 Å². The molecule has 0 bridgehead atoms. The first-order chi connectivity index (χ1) is 12.5. The van der Waals surface area contributed by atoms with E-state index in [1.165, 1.54) is 6.20 Å². The van der Waals surface area contributed by atoms with Crippen molar-refractivity contribution in [1.29, 1.82) is 5.26 Å². The monoisotopic (exact) mass is 369 g/mol. The second kappa shape index (κ2) is 9.25. The molecule has 0 aliphatic heterocycles. The van der Waals surface area contributed by atoms with E-state index in [0.29, 0.717) is 22.0 Å². The maximum Gasteiger partial charge on any atom is 0.340 e. The molecule has 2 rings (SSSR count). The number of halogens is 1. The SMILES string of the molecule is CCOC(=O)c1ccccc1N/C=C(/C#N)C(=O)Nc1ccc(Cl)cc1. The molecule has 26 heavy (non-hydrogen) atoms. The Morgan fingerprint density at radius 3 is 2.54 bits per heavy atom. The number of nitrogens with zero attached hydrogens (tertiary/aromatic N) is 1. The van der Waals surface area contributed by atoms with Crippen molar-refractivity contribution in [2.24, 2.45) is 0 Å². The van der Waals surface area contributed by atoms with Crippen molar-refractivity contribution >= 4 is 34.9 Å². The van der Waals surface area contributed by atoms with Crippen LogP contribution in [0.25, 0.3) is 0 Å². The Bertz CT molecular complexity index is 870. The Balaban J connectivity index is 2.14. The number of benzene rings is 2. The summed E-state index contributed by atoms with van der Waals surface area (Å²) in [6, 6.07) is 15.0. The van der Waals surface area contributed by atoms with Crippen LogP contribution < -0.4 is 10.6 Å². The summed E-state index contributed by atoms with van der Waals surface area (Å²) in [6.45, 7) is 1.96. The highest BCUT2D eigenvalue weighted by Crippen LogP contribution is 2.17. The number of carbonyl (C=O) groups excluding carboxylic acids is 2. The first-order valence-corrected chi connectivity index (χ1v) is 8.12. The molecule has 132 valence electrons. The molecule has 0 saturated carbocycles. The highest BCUT2D eigenvalue weighted by Gasteiger charge is 2.13. The number of carbonyl (C=O) groups is 2. The van der Waals surface area contributed by atoms with Crippen LogP contribution in [0.15, 0.2) is 60.3 Å². The van der Waals surface area contributed by atoms with E-state index in [1.54, 1.807) is 55.5 Å². The van der Waals surface area contributed by atoms with Crippen LogP contribution >= 0.6 is 11.6 Å². The summed E-state index contributed by atoms with van der Waals surface area (Å²) in [5.74, 6) is -1.08. The summed E-state index contributed by atoms with van der Waals surface area (Å²) in [6.07, 6.45) is 1.24. The smallest absolute Gasteiger partial charge is 0.340 e. The zero-order chi connectivity index (χ0) is 18.9. The number of ether oxygens (including phenoxy) is 1. The number of nitriles is 1. The van der Waals surface area contributed by atoms with E-state index >= 15 is 0 Å². The van der Waals surface area contributed by atoms with Gasteiger partial charge in [0.15, 0.2) is 0 Å². The summed E-state index contributed by atoms with van der Waals surface area (Å²) in [5, 5.41) is 15.2. The molecule has 0 atom stereocenters. The van der Waals surface area contributed by atoms with Gasteiger partial charge in [0, 0.05) is 16.9 Å². The van der Waals surface area contributed by atoms with Crippen LogP contribution in [0.3, 0.4) is 0 Å². The number of esters is 1. The number of amides is 1. The zero-order valence-corrected chi connectivity index (χ0v) is 14.7. The van der Waals surface area contributed by atoms with Crippen LogP contribution in [0.5, 0.6) is 0 Å². The summed E-state index contributed by atoms with van der Waals surface area (Å²) in [4.78, 5) is 24.1. The van der Waals surface area contributed by atoms with Crippen LogP contribution in [0, 0.1) is 11.3 Å². The first-order valence-electron chi connectivity index (χ1n) is 7.75. The predicted molar refractivity (Wildman–Crippen MR) is 99.8 cm³/mol. The van der Waals surface area contributed by atoms with E-state index in [-0.39, 0.29) is 12.2 Å². The lowest BCUT2D eigenvalue weighted by atomic mass is 10.1. The second-order valence-electron chi connectivity index (χ2n) is 5.04. The Morgan fingerprint density at radius 2 is 1.88 bits per heavy atom. The van der Waals surface area contributed by atoms with Crippen molar-refractivity contribution in [3.05, 3.63) is 70.9 Å². The molecule has 0 aliphatic rings. The van der Waals surface area contributed by atoms with Gasteiger partial charge in [0.2, 0.25) is 0 Å². The third-order valence-electron chi connectivity index (χ3n) is 3.26. The lowest BCUT2D eigenvalue weighted by molar-refractivity contribution is -0.112. The van der Waals surface area contributed by atoms with Gasteiger partial charge in [-0.3, -0.25) is 4.79 Å². The molecule has 0 heterocycles. The van der Waals surface area contributed by atoms with Crippen LogP contribution in [0.1, 0.15) is 17.3 Å². The largest absolute Gasteiger partial charge is 0.462 e. The molecule has 2 N–H and O–H groups in total. The summed E-state index contributed by atoms with van der Waals surface area (Å²) < 4.78 is 4.98. The molecule has 0 unspecified atom stereocenters. The standard InChI is InChI=1S/C19H16ClN3O3/c1-2-26-19(25)16-5-3-4-6-17(16)22-12-13(11-21)18(24)23-15-9-7-14(20)8-10-15/h3-10,12,22H,2H2,1H3,(H,23,24)/b13-12-. The number of hydrogen-bond donors (Lipinski definition) is 2. The highest BCUT2D eigenvalue weighted by molar-refractivity contribution is 6.30.